The fourth-order valence-electron chi connectivity index (χ4n) is 2.37. The van der Waals surface area contributed by atoms with Gasteiger partial charge in [-0.05, 0) is 31.0 Å². The number of ether oxygens (including phenoxy) is 1. The number of non-ortho nitro benzene ring substituents is 1. The smallest absolute Gasteiger partial charge is 0.270 e. The van der Waals surface area contributed by atoms with E-state index in [-0.39, 0.29) is 18.0 Å². The maximum absolute atomic E-state index is 12.0. The van der Waals surface area contributed by atoms with E-state index in [1.165, 1.54) is 31.5 Å². The number of aryl methyl sites for hydroxylation is 2. The number of carbonyl (C=O) groups is 1. The monoisotopic (exact) mass is 341 g/mol. The number of nitro benzene ring substituents is 1. The van der Waals surface area contributed by atoms with Crippen LogP contribution in [0, 0.1) is 24.0 Å². The van der Waals surface area contributed by atoms with E-state index in [9.17, 15) is 14.9 Å². The Hall–Kier alpha value is -3.22. The Morgan fingerprint density at radius 3 is 2.68 bits per heavy atom. The minimum Gasteiger partial charge on any atom is -0.496 e. The quantitative estimate of drug-likeness (QED) is 0.496. The first-order chi connectivity index (χ1) is 11.9. The number of nitrogens with zero attached hydrogens (tertiary/aromatic N) is 2. The molecular weight excluding hydrogens is 322 g/mol. The number of hydrogen-bond donors (Lipinski definition) is 1. The summed E-state index contributed by atoms with van der Waals surface area (Å²) >= 11 is 0. The third-order valence-electron chi connectivity index (χ3n) is 3.67. The molecule has 25 heavy (non-hydrogen) atoms. The van der Waals surface area contributed by atoms with Crippen LogP contribution >= 0.6 is 0 Å². The number of carbonyl (C=O) groups excluding carboxylic acids is 1. The highest BCUT2D eigenvalue weighted by Crippen LogP contribution is 2.22. The summed E-state index contributed by atoms with van der Waals surface area (Å²) in [4.78, 5) is 22.3. The van der Waals surface area contributed by atoms with E-state index in [0.717, 1.165) is 16.7 Å². The minimum absolute atomic E-state index is 0.0798. The first-order valence-electron chi connectivity index (χ1n) is 7.61. The highest BCUT2D eigenvalue weighted by Gasteiger charge is 2.10. The number of nitro groups is 1. The number of amides is 1. The van der Waals surface area contributed by atoms with Crippen molar-refractivity contribution in [1.29, 1.82) is 0 Å². The molecule has 0 unspecified atom stereocenters. The summed E-state index contributed by atoms with van der Waals surface area (Å²) in [5.74, 6) is 0.158. The Labute approximate surface area is 145 Å². The van der Waals surface area contributed by atoms with Gasteiger partial charge in [-0.2, -0.15) is 5.10 Å². The van der Waals surface area contributed by atoms with E-state index in [1.54, 1.807) is 0 Å². The lowest BCUT2D eigenvalue weighted by molar-refractivity contribution is -0.384. The van der Waals surface area contributed by atoms with Crippen LogP contribution in [0.2, 0.25) is 0 Å². The SMILES string of the molecule is COc1ccc([N+](=O)[O-])cc1/C=N\NC(=O)Cc1ccc(C)cc1C. The molecule has 0 aliphatic rings. The highest BCUT2D eigenvalue weighted by atomic mass is 16.6. The van der Waals surface area contributed by atoms with Crippen molar-refractivity contribution in [2.24, 2.45) is 5.10 Å². The maximum atomic E-state index is 12.0. The van der Waals surface area contributed by atoms with Gasteiger partial charge in [0.1, 0.15) is 5.75 Å². The van der Waals surface area contributed by atoms with Crippen LogP contribution < -0.4 is 10.2 Å². The average Bonchev–Trinajstić information content (AvgIpc) is 2.57. The van der Waals surface area contributed by atoms with Crippen molar-refractivity contribution in [3.05, 3.63) is 68.8 Å². The molecule has 0 saturated carbocycles. The molecule has 7 nitrogen and oxygen atoms in total. The first-order valence-corrected chi connectivity index (χ1v) is 7.61. The molecule has 0 atom stereocenters. The van der Waals surface area contributed by atoms with Gasteiger partial charge in [-0.3, -0.25) is 14.9 Å². The molecule has 0 heterocycles. The van der Waals surface area contributed by atoms with Crippen LogP contribution in [0.4, 0.5) is 5.69 Å². The van der Waals surface area contributed by atoms with E-state index < -0.39 is 4.92 Å². The predicted molar refractivity (Wildman–Crippen MR) is 95.0 cm³/mol. The van der Waals surface area contributed by atoms with E-state index in [1.807, 2.05) is 32.0 Å². The molecule has 0 aliphatic heterocycles. The van der Waals surface area contributed by atoms with Gasteiger partial charge < -0.3 is 4.74 Å². The number of hydrazone groups is 1. The minimum atomic E-state index is -0.504. The summed E-state index contributed by atoms with van der Waals surface area (Å²) in [6, 6.07) is 10.0. The Bertz CT molecular complexity index is 831. The summed E-state index contributed by atoms with van der Waals surface area (Å²) in [5.41, 5.74) is 5.85. The summed E-state index contributed by atoms with van der Waals surface area (Å²) in [6.07, 6.45) is 1.53. The van der Waals surface area contributed by atoms with Crippen molar-refractivity contribution in [2.75, 3.05) is 7.11 Å². The van der Waals surface area contributed by atoms with Gasteiger partial charge in [-0.25, -0.2) is 5.43 Å². The predicted octanol–water partition coefficient (Wildman–Crippen LogP) is 2.91. The molecule has 1 N–H and O–H groups in total. The standard InChI is InChI=1S/C18H19N3O4/c1-12-4-5-14(13(2)8-12)10-18(22)20-19-11-15-9-16(21(23)24)6-7-17(15)25-3/h4-9,11H,10H2,1-3H3,(H,20,22)/b19-11-. The number of nitrogens with one attached hydrogen (secondary N) is 1. The van der Waals surface area contributed by atoms with Gasteiger partial charge in [0.2, 0.25) is 5.91 Å². The summed E-state index contributed by atoms with van der Waals surface area (Å²) in [7, 11) is 1.46. The van der Waals surface area contributed by atoms with Crippen molar-refractivity contribution >= 4 is 17.8 Å². The molecule has 7 heteroatoms. The molecule has 0 bridgehead atoms. The van der Waals surface area contributed by atoms with E-state index in [2.05, 4.69) is 10.5 Å². The molecule has 0 aliphatic carbocycles. The van der Waals surface area contributed by atoms with Gasteiger partial charge in [0, 0.05) is 17.7 Å². The van der Waals surface area contributed by atoms with Crippen LogP contribution in [-0.4, -0.2) is 24.2 Å². The van der Waals surface area contributed by atoms with Gasteiger partial charge in [-0.15, -0.1) is 0 Å². The second-order valence-corrected chi connectivity index (χ2v) is 5.58. The Morgan fingerprint density at radius 1 is 1.28 bits per heavy atom. The highest BCUT2D eigenvalue weighted by molar-refractivity contribution is 5.86. The third kappa shape index (κ3) is 4.87. The largest absolute Gasteiger partial charge is 0.496 e. The molecule has 130 valence electrons. The summed E-state index contributed by atoms with van der Waals surface area (Å²) in [6.45, 7) is 3.94. The van der Waals surface area contributed by atoms with Crippen molar-refractivity contribution < 1.29 is 14.5 Å². The molecular formula is C18H19N3O4. The van der Waals surface area contributed by atoms with Crippen molar-refractivity contribution in [3.8, 4) is 5.75 Å². The van der Waals surface area contributed by atoms with Gasteiger partial charge in [0.05, 0.1) is 24.7 Å². The zero-order valence-corrected chi connectivity index (χ0v) is 14.3. The third-order valence-corrected chi connectivity index (χ3v) is 3.67. The topological polar surface area (TPSA) is 93.8 Å². The normalized spacial score (nSPS) is 10.7. The van der Waals surface area contributed by atoms with Crippen LogP contribution in [0.5, 0.6) is 5.75 Å². The molecule has 0 aromatic heterocycles. The van der Waals surface area contributed by atoms with Gasteiger partial charge >= 0.3 is 0 Å². The van der Waals surface area contributed by atoms with Crippen LogP contribution in [0.1, 0.15) is 22.3 Å². The second kappa shape index (κ2) is 8.05. The Balaban J connectivity index is 2.06. The second-order valence-electron chi connectivity index (χ2n) is 5.58. The Morgan fingerprint density at radius 2 is 2.04 bits per heavy atom. The van der Waals surface area contributed by atoms with E-state index in [4.69, 9.17) is 4.74 Å². The number of hydrogen-bond acceptors (Lipinski definition) is 5. The zero-order valence-electron chi connectivity index (χ0n) is 14.3. The van der Waals surface area contributed by atoms with Crippen LogP contribution in [0.3, 0.4) is 0 Å². The number of rotatable bonds is 6. The van der Waals surface area contributed by atoms with Gasteiger partial charge in [0.25, 0.3) is 5.69 Å². The molecule has 0 fully saturated rings. The Kier molecular flexibility index (Phi) is 5.84. The van der Waals surface area contributed by atoms with Crippen LogP contribution in [-0.2, 0) is 11.2 Å². The molecule has 2 aromatic carbocycles. The molecule has 0 saturated heterocycles. The molecule has 0 spiro atoms. The number of methoxy groups -OCH3 is 1. The lowest BCUT2D eigenvalue weighted by Crippen LogP contribution is -2.20. The van der Waals surface area contributed by atoms with Gasteiger partial charge in [-0.1, -0.05) is 23.8 Å². The fraction of sp³-hybridized carbons (Fsp3) is 0.222. The summed E-state index contributed by atoms with van der Waals surface area (Å²) < 4.78 is 5.13. The molecule has 2 aromatic rings. The first kappa shape index (κ1) is 18.1. The molecule has 1 amide bonds. The van der Waals surface area contributed by atoms with Crippen LogP contribution in [0.15, 0.2) is 41.5 Å². The lowest BCUT2D eigenvalue weighted by atomic mass is 10.0. The van der Waals surface area contributed by atoms with Gasteiger partial charge in [0.15, 0.2) is 0 Å². The molecule has 2 rings (SSSR count). The average molecular weight is 341 g/mol. The number of benzene rings is 2. The lowest BCUT2D eigenvalue weighted by Gasteiger charge is -2.06. The molecule has 0 radical (unpaired) electrons. The van der Waals surface area contributed by atoms with E-state index >= 15 is 0 Å². The summed E-state index contributed by atoms with van der Waals surface area (Å²) in [5, 5.41) is 14.7. The van der Waals surface area contributed by atoms with Crippen molar-refractivity contribution in [3.63, 3.8) is 0 Å². The van der Waals surface area contributed by atoms with Crippen molar-refractivity contribution in [2.45, 2.75) is 20.3 Å². The van der Waals surface area contributed by atoms with Crippen LogP contribution in [0.25, 0.3) is 0 Å². The fourth-order valence-corrected chi connectivity index (χ4v) is 2.37. The van der Waals surface area contributed by atoms with E-state index in [0.29, 0.717) is 11.3 Å². The maximum Gasteiger partial charge on any atom is 0.270 e. The zero-order chi connectivity index (χ0) is 18.4. The van der Waals surface area contributed by atoms with Crippen molar-refractivity contribution in [1.82, 2.24) is 5.43 Å².